The molecule has 1 aliphatic heterocycles. The van der Waals surface area contributed by atoms with E-state index in [1.165, 1.54) is 13.0 Å². The molecule has 1 N–H and O–H groups in total. The fourth-order valence-electron chi connectivity index (χ4n) is 2.88. The molecule has 2 aromatic rings. The van der Waals surface area contributed by atoms with Crippen LogP contribution in [0.1, 0.15) is 28.4 Å². The van der Waals surface area contributed by atoms with Crippen molar-refractivity contribution in [2.24, 2.45) is 0 Å². The second kappa shape index (κ2) is 6.61. The molecule has 8 heteroatoms. The number of nitriles is 1. The number of imide groups is 1. The topological polar surface area (TPSA) is 90.3 Å². The van der Waals surface area contributed by atoms with E-state index >= 15 is 0 Å². The summed E-state index contributed by atoms with van der Waals surface area (Å²) in [4.78, 5) is 38.0. The first-order valence-corrected chi connectivity index (χ1v) is 7.89. The second-order valence-corrected chi connectivity index (χ2v) is 6.19. The Kier molecular flexibility index (Phi) is 4.45. The van der Waals surface area contributed by atoms with Crippen LogP contribution in [0.15, 0.2) is 42.5 Å². The molecule has 1 aliphatic rings. The molecule has 0 bridgehead atoms. The summed E-state index contributed by atoms with van der Waals surface area (Å²) in [5.74, 6) is -3.47. The normalized spacial score (nSPS) is 19.0. The van der Waals surface area contributed by atoms with Gasteiger partial charge in [-0.25, -0.2) is 13.6 Å². The molecule has 27 heavy (non-hydrogen) atoms. The summed E-state index contributed by atoms with van der Waals surface area (Å²) in [5, 5.41) is 11.5. The lowest BCUT2D eigenvalue weighted by atomic mass is 9.91. The summed E-state index contributed by atoms with van der Waals surface area (Å²) in [5.41, 5.74) is -1.20. The van der Waals surface area contributed by atoms with E-state index in [9.17, 15) is 23.2 Å². The Morgan fingerprint density at radius 1 is 1.22 bits per heavy atom. The minimum atomic E-state index is -1.47. The molecule has 136 valence electrons. The first-order valence-electron chi connectivity index (χ1n) is 7.89. The van der Waals surface area contributed by atoms with Crippen LogP contribution in [-0.2, 0) is 10.3 Å². The van der Waals surface area contributed by atoms with Gasteiger partial charge < -0.3 is 5.32 Å². The number of Topliss-reactive ketones (excluding diaryl/α,β-unsaturated/α-hetero) is 1. The van der Waals surface area contributed by atoms with E-state index in [1.54, 1.807) is 18.2 Å². The van der Waals surface area contributed by atoms with E-state index < -0.39 is 47.0 Å². The number of carbonyl (C=O) groups excluding carboxylic acids is 3. The maximum Gasteiger partial charge on any atom is 0.325 e. The molecule has 0 aromatic heterocycles. The highest BCUT2D eigenvalue weighted by atomic mass is 19.1. The molecule has 0 spiro atoms. The number of halogens is 2. The Morgan fingerprint density at radius 3 is 2.63 bits per heavy atom. The summed E-state index contributed by atoms with van der Waals surface area (Å²) < 4.78 is 26.8. The van der Waals surface area contributed by atoms with Crippen molar-refractivity contribution in [1.29, 1.82) is 5.26 Å². The smallest absolute Gasteiger partial charge is 0.319 e. The van der Waals surface area contributed by atoms with Gasteiger partial charge in [0, 0.05) is 6.07 Å². The van der Waals surface area contributed by atoms with Crippen LogP contribution in [0.25, 0.3) is 0 Å². The Balaban J connectivity index is 1.88. The highest BCUT2D eigenvalue weighted by Gasteiger charge is 2.49. The lowest BCUT2D eigenvalue weighted by Crippen LogP contribution is -2.41. The van der Waals surface area contributed by atoms with Crippen LogP contribution in [0.3, 0.4) is 0 Å². The summed E-state index contributed by atoms with van der Waals surface area (Å²) in [7, 11) is 0. The molecule has 2 aromatic carbocycles. The minimum absolute atomic E-state index is 0.304. The Morgan fingerprint density at radius 2 is 1.96 bits per heavy atom. The maximum atomic E-state index is 13.8. The van der Waals surface area contributed by atoms with Gasteiger partial charge in [0.15, 0.2) is 5.78 Å². The van der Waals surface area contributed by atoms with Gasteiger partial charge in [0.2, 0.25) is 0 Å². The fourth-order valence-corrected chi connectivity index (χ4v) is 2.88. The van der Waals surface area contributed by atoms with Crippen molar-refractivity contribution in [2.45, 2.75) is 12.5 Å². The van der Waals surface area contributed by atoms with E-state index in [-0.39, 0.29) is 0 Å². The van der Waals surface area contributed by atoms with Crippen molar-refractivity contribution >= 4 is 17.7 Å². The SMILES string of the molecule is CC1(c2cccc(C#N)c2)NC(=O)N(CC(=O)c2ccc(F)cc2F)C1=O. The van der Waals surface area contributed by atoms with Gasteiger partial charge >= 0.3 is 6.03 Å². The Bertz CT molecular complexity index is 1020. The van der Waals surface area contributed by atoms with Gasteiger partial charge in [-0.1, -0.05) is 12.1 Å². The summed E-state index contributed by atoms with van der Waals surface area (Å²) >= 11 is 0. The first-order chi connectivity index (χ1) is 12.8. The predicted molar refractivity (Wildman–Crippen MR) is 89.4 cm³/mol. The van der Waals surface area contributed by atoms with Gasteiger partial charge in [-0.05, 0) is 36.8 Å². The third kappa shape index (κ3) is 3.15. The zero-order chi connectivity index (χ0) is 19.8. The molecular weight excluding hydrogens is 356 g/mol. The standard InChI is InChI=1S/C19H13F2N3O3/c1-19(12-4-2-3-11(7-12)9-22)17(26)24(18(27)23-19)10-16(25)14-6-5-13(20)8-15(14)21/h2-8H,10H2,1H3,(H,23,27). The number of nitrogens with one attached hydrogen (secondary N) is 1. The average Bonchev–Trinajstić information content (AvgIpc) is 2.86. The van der Waals surface area contributed by atoms with Crippen LogP contribution in [0.5, 0.6) is 0 Å². The number of rotatable bonds is 4. The van der Waals surface area contributed by atoms with Gasteiger partial charge in [0.05, 0.1) is 23.7 Å². The molecular formula is C19H13F2N3O3. The zero-order valence-corrected chi connectivity index (χ0v) is 14.1. The predicted octanol–water partition coefficient (Wildman–Crippen LogP) is 2.49. The molecule has 1 atom stereocenters. The molecule has 0 saturated carbocycles. The molecule has 3 amide bonds. The number of ketones is 1. The summed E-state index contributed by atoms with van der Waals surface area (Å²) in [6.45, 7) is 0.757. The van der Waals surface area contributed by atoms with Crippen LogP contribution in [0.4, 0.5) is 13.6 Å². The van der Waals surface area contributed by atoms with Crippen molar-refractivity contribution in [3.63, 3.8) is 0 Å². The van der Waals surface area contributed by atoms with Gasteiger partial charge in [0.25, 0.3) is 5.91 Å². The lowest BCUT2D eigenvalue weighted by Gasteiger charge is -2.22. The molecule has 3 rings (SSSR count). The van der Waals surface area contributed by atoms with Crippen LogP contribution in [0.2, 0.25) is 0 Å². The quantitative estimate of drug-likeness (QED) is 0.662. The van der Waals surface area contributed by atoms with Crippen molar-refractivity contribution in [3.8, 4) is 6.07 Å². The summed E-state index contributed by atoms with van der Waals surface area (Å²) in [6.07, 6.45) is 0. The molecule has 1 fully saturated rings. The number of hydrogen-bond donors (Lipinski definition) is 1. The van der Waals surface area contributed by atoms with Crippen molar-refractivity contribution < 1.29 is 23.2 Å². The molecule has 1 saturated heterocycles. The third-order valence-corrected chi connectivity index (χ3v) is 4.38. The van der Waals surface area contributed by atoms with Crippen molar-refractivity contribution in [1.82, 2.24) is 10.2 Å². The lowest BCUT2D eigenvalue weighted by molar-refractivity contribution is -0.130. The van der Waals surface area contributed by atoms with E-state index in [0.29, 0.717) is 22.1 Å². The molecule has 6 nitrogen and oxygen atoms in total. The van der Waals surface area contributed by atoms with Gasteiger partial charge in [-0.2, -0.15) is 5.26 Å². The third-order valence-electron chi connectivity index (χ3n) is 4.38. The average molecular weight is 369 g/mol. The van der Waals surface area contributed by atoms with Crippen molar-refractivity contribution in [2.75, 3.05) is 6.54 Å². The highest BCUT2D eigenvalue weighted by molar-refractivity contribution is 6.11. The number of benzene rings is 2. The van der Waals surface area contributed by atoms with Crippen molar-refractivity contribution in [3.05, 3.63) is 70.8 Å². The van der Waals surface area contributed by atoms with Gasteiger partial charge in [0.1, 0.15) is 17.2 Å². The molecule has 1 heterocycles. The van der Waals surface area contributed by atoms with E-state index in [4.69, 9.17) is 5.26 Å². The van der Waals surface area contributed by atoms with E-state index in [2.05, 4.69) is 5.32 Å². The molecule has 0 aliphatic carbocycles. The maximum absolute atomic E-state index is 13.8. The van der Waals surface area contributed by atoms with E-state index in [1.807, 2.05) is 6.07 Å². The van der Waals surface area contributed by atoms with Crippen LogP contribution >= 0.6 is 0 Å². The zero-order valence-electron chi connectivity index (χ0n) is 14.1. The van der Waals surface area contributed by atoms with Crippen LogP contribution < -0.4 is 5.32 Å². The number of urea groups is 1. The fraction of sp³-hybridized carbons (Fsp3) is 0.158. The number of hydrogen-bond acceptors (Lipinski definition) is 4. The monoisotopic (exact) mass is 369 g/mol. The van der Waals surface area contributed by atoms with E-state index in [0.717, 1.165) is 12.1 Å². The number of carbonyl (C=O) groups is 3. The first kappa shape index (κ1) is 18.2. The largest absolute Gasteiger partial charge is 0.325 e. The minimum Gasteiger partial charge on any atom is -0.319 e. The number of amides is 3. The molecule has 1 unspecified atom stereocenters. The van der Waals surface area contributed by atoms with Crippen LogP contribution in [-0.4, -0.2) is 29.2 Å². The molecule has 0 radical (unpaired) electrons. The highest BCUT2D eigenvalue weighted by Crippen LogP contribution is 2.29. The summed E-state index contributed by atoms with van der Waals surface area (Å²) in [6, 6.07) is 9.71. The second-order valence-electron chi connectivity index (χ2n) is 6.19. The van der Waals surface area contributed by atoms with Gasteiger partial charge in [-0.3, -0.25) is 14.5 Å². The van der Waals surface area contributed by atoms with Crippen LogP contribution in [0, 0.1) is 23.0 Å². The van der Waals surface area contributed by atoms with Gasteiger partial charge in [-0.15, -0.1) is 0 Å². The Labute approximate surface area is 153 Å². The Hall–Kier alpha value is -3.60. The number of nitrogens with zero attached hydrogens (tertiary/aromatic N) is 2.